The van der Waals surface area contributed by atoms with Crippen molar-refractivity contribution in [1.29, 1.82) is 0 Å². The normalized spacial score (nSPS) is 14.5. The molecule has 0 fully saturated rings. The molecule has 1 unspecified atom stereocenters. The molecule has 0 aliphatic carbocycles. The minimum absolute atomic E-state index is 0.193. The lowest BCUT2D eigenvalue weighted by Gasteiger charge is -2.18. The van der Waals surface area contributed by atoms with Gasteiger partial charge in [-0.2, -0.15) is 0 Å². The van der Waals surface area contributed by atoms with Gasteiger partial charge in [0, 0.05) is 18.4 Å². The summed E-state index contributed by atoms with van der Waals surface area (Å²) >= 11 is 0. The Morgan fingerprint density at radius 3 is 2.59 bits per heavy atom. The molecule has 0 spiro atoms. The van der Waals surface area contributed by atoms with E-state index in [9.17, 15) is 0 Å². The average Bonchev–Trinajstić information content (AvgIpc) is 2.77. The molecule has 0 bridgehead atoms. The van der Waals surface area contributed by atoms with E-state index in [2.05, 4.69) is 30.2 Å². The minimum Gasteiger partial charge on any atom is -0.465 e. The molecule has 1 N–H and O–H groups in total. The number of hydrogen-bond donors (Lipinski definition) is 1. The molecule has 0 saturated carbocycles. The zero-order valence-corrected chi connectivity index (χ0v) is 10.5. The Labute approximate surface area is 102 Å². The van der Waals surface area contributed by atoms with Crippen LogP contribution in [0.5, 0.6) is 0 Å². The Kier molecular flexibility index (Phi) is 3.59. The fraction of sp³-hybridized carbons (Fsp3) is 0.357. The van der Waals surface area contributed by atoms with Crippen LogP contribution >= 0.6 is 0 Å². The Hall–Kier alpha value is -1.61. The van der Waals surface area contributed by atoms with Gasteiger partial charge >= 0.3 is 0 Å². The lowest BCUT2D eigenvalue weighted by atomic mass is 10.1. The van der Waals surface area contributed by atoms with Gasteiger partial charge in [0.2, 0.25) is 0 Å². The number of aryl methyl sites for hydroxylation is 1. The van der Waals surface area contributed by atoms with E-state index in [0.717, 1.165) is 11.5 Å². The molecule has 2 aromatic heterocycles. The van der Waals surface area contributed by atoms with Crippen LogP contribution in [0.1, 0.15) is 43.0 Å². The van der Waals surface area contributed by atoms with E-state index in [-0.39, 0.29) is 12.1 Å². The summed E-state index contributed by atoms with van der Waals surface area (Å²) in [6.07, 6.45) is 3.67. The van der Waals surface area contributed by atoms with E-state index in [1.165, 1.54) is 5.56 Å². The van der Waals surface area contributed by atoms with Gasteiger partial charge in [0.05, 0.1) is 6.04 Å². The smallest absolute Gasteiger partial charge is 0.120 e. The molecular formula is C14H18N2O. The zero-order chi connectivity index (χ0) is 12.3. The van der Waals surface area contributed by atoms with E-state index in [1.807, 2.05) is 31.3 Å². The highest BCUT2D eigenvalue weighted by atomic mass is 16.3. The molecular weight excluding hydrogens is 212 g/mol. The molecule has 2 rings (SSSR count). The Balaban J connectivity index is 2.02. The molecule has 0 radical (unpaired) electrons. The lowest BCUT2D eigenvalue weighted by Crippen LogP contribution is -2.22. The van der Waals surface area contributed by atoms with Gasteiger partial charge < -0.3 is 9.73 Å². The van der Waals surface area contributed by atoms with Gasteiger partial charge in [0.25, 0.3) is 0 Å². The van der Waals surface area contributed by atoms with Crippen LogP contribution < -0.4 is 5.32 Å². The molecule has 17 heavy (non-hydrogen) atoms. The summed E-state index contributed by atoms with van der Waals surface area (Å²) < 4.78 is 5.60. The molecule has 0 amide bonds. The third-order valence-electron chi connectivity index (χ3n) is 2.87. The third-order valence-corrected chi connectivity index (χ3v) is 2.87. The van der Waals surface area contributed by atoms with E-state index in [4.69, 9.17) is 4.42 Å². The van der Waals surface area contributed by atoms with Gasteiger partial charge in [-0.15, -0.1) is 0 Å². The average molecular weight is 230 g/mol. The maximum absolute atomic E-state index is 5.60. The summed E-state index contributed by atoms with van der Waals surface area (Å²) in [5.74, 6) is 1.92. The first-order chi connectivity index (χ1) is 8.16. The van der Waals surface area contributed by atoms with Crippen LogP contribution in [0.2, 0.25) is 0 Å². The van der Waals surface area contributed by atoms with E-state index in [0.29, 0.717) is 0 Å². The second-order valence-corrected chi connectivity index (χ2v) is 4.34. The van der Waals surface area contributed by atoms with Crippen LogP contribution in [-0.2, 0) is 0 Å². The summed E-state index contributed by atoms with van der Waals surface area (Å²) in [6, 6.07) is 8.48. The highest BCUT2D eigenvalue weighted by molar-refractivity contribution is 5.15. The highest BCUT2D eigenvalue weighted by Gasteiger charge is 2.13. The van der Waals surface area contributed by atoms with Crippen LogP contribution in [0.25, 0.3) is 0 Å². The van der Waals surface area contributed by atoms with Crippen molar-refractivity contribution in [2.45, 2.75) is 32.9 Å². The van der Waals surface area contributed by atoms with Crippen molar-refractivity contribution in [3.8, 4) is 0 Å². The molecule has 3 heteroatoms. The number of hydrogen-bond acceptors (Lipinski definition) is 3. The molecule has 0 aromatic carbocycles. The zero-order valence-electron chi connectivity index (χ0n) is 10.5. The van der Waals surface area contributed by atoms with E-state index < -0.39 is 0 Å². The number of nitrogens with one attached hydrogen (secondary N) is 1. The summed E-state index contributed by atoms with van der Waals surface area (Å²) in [7, 11) is 0. The van der Waals surface area contributed by atoms with Crippen molar-refractivity contribution in [1.82, 2.24) is 10.3 Å². The highest BCUT2D eigenvalue weighted by Crippen LogP contribution is 2.20. The van der Waals surface area contributed by atoms with Crippen LogP contribution in [0.3, 0.4) is 0 Å². The van der Waals surface area contributed by atoms with Gasteiger partial charge in [0.15, 0.2) is 0 Å². The largest absolute Gasteiger partial charge is 0.465 e. The summed E-state index contributed by atoms with van der Waals surface area (Å²) in [5.41, 5.74) is 1.18. The first-order valence-electron chi connectivity index (χ1n) is 5.89. The molecule has 0 saturated heterocycles. The van der Waals surface area contributed by atoms with Crippen molar-refractivity contribution in [3.63, 3.8) is 0 Å². The minimum atomic E-state index is 0.193. The number of aromatic nitrogens is 1. The van der Waals surface area contributed by atoms with E-state index in [1.54, 1.807) is 6.20 Å². The Bertz CT molecular complexity index is 464. The summed E-state index contributed by atoms with van der Waals surface area (Å²) in [5, 5.41) is 3.49. The standard InChI is InChI=1S/C14H18N2O/c1-10-6-7-14(17-10)12(3)16-11(2)13-5-4-8-15-9-13/h4-9,11-12,16H,1-3H3/t11-,12?/m0/s1. The van der Waals surface area contributed by atoms with Gasteiger partial charge in [-0.1, -0.05) is 6.07 Å². The Morgan fingerprint density at radius 1 is 1.18 bits per heavy atom. The fourth-order valence-corrected chi connectivity index (χ4v) is 1.87. The lowest BCUT2D eigenvalue weighted by molar-refractivity contribution is 0.392. The van der Waals surface area contributed by atoms with Gasteiger partial charge in [0.1, 0.15) is 11.5 Å². The Morgan fingerprint density at radius 2 is 2.00 bits per heavy atom. The first-order valence-corrected chi connectivity index (χ1v) is 5.89. The third kappa shape index (κ3) is 2.94. The molecule has 2 heterocycles. The molecule has 3 nitrogen and oxygen atoms in total. The molecule has 2 aromatic rings. The second-order valence-electron chi connectivity index (χ2n) is 4.34. The number of rotatable bonds is 4. The van der Waals surface area contributed by atoms with Crippen LogP contribution in [0, 0.1) is 6.92 Å². The van der Waals surface area contributed by atoms with Crippen molar-refractivity contribution >= 4 is 0 Å². The van der Waals surface area contributed by atoms with Crippen LogP contribution in [0.4, 0.5) is 0 Å². The van der Waals surface area contributed by atoms with Crippen LogP contribution in [-0.4, -0.2) is 4.98 Å². The van der Waals surface area contributed by atoms with E-state index >= 15 is 0 Å². The van der Waals surface area contributed by atoms with Crippen LogP contribution in [0.15, 0.2) is 41.1 Å². The van der Waals surface area contributed by atoms with Crippen molar-refractivity contribution in [2.75, 3.05) is 0 Å². The quantitative estimate of drug-likeness (QED) is 0.874. The van der Waals surface area contributed by atoms with Crippen molar-refractivity contribution in [2.24, 2.45) is 0 Å². The maximum atomic E-state index is 5.60. The molecule has 2 atom stereocenters. The number of nitrogens with zero attached hydrogens (tertiary/aromatic N) is 1. The predicted molar refractivity (Wildman–Crippen MR) is 67.6 cm³/mol. The monoisotopic (exact) mass is 230 g/mol. The van der Waals surface area contributed by atoms with Crippen molar-refractivity contribution in [3.05, 3.63) is 53.7 Å². The maximum Gasteiger partial charge on any atom is 0.120 e. The summed E-state index contributed by atoms with van der Waals surface area (Å²) in [4.78, 5) is 4.13. The predicted octanol–water partition coefficient (Wildman–Crippen LogP) is 3.39. The van der Waals surface area contributed by atoms with Crippen molar-refractivity contribution < 1.29 is 4.42 Å². The molecule has 0 aliphatic heterocycles. The second kappa shape index (κ2) is 5.15. The SMILES string of the molecule is Cc1ccc(C(C)N[C@@H](C)c2cccnc2)o1. The molecule has 90 valence electrons. The number of furan rings is 1. The number of pyridine rings is 1. The van der Waals surface area contributed by atoms with Gasteiger partial charge in [-0.3, -0.25) is 4.98 Å². The summed E-state index contributed by atoms with van der Waals surface area (Å²) in [6.45, 7) is 6.19. The van der Waals surface area contributed by atoms with Gasteiger partial charge in [-0.25, -0.2) is 0 Å². The first kappa shape index (κ1) is 11.9. The van der Waals surface area contributed by atoms with Gasteiger partial charge in [-0.05, 0) is 44.5 Å². The molecule has 0 aliphatic rings. The fourth-order valence-electron chi connectivity index (χ4n) is 1.87. The topological polar surface area (TPSA) is 38.1 Å².